The molecule has 3 heteroatoms. The predicted molar refractivity (Wildman–Crippen MR) is 80.3 cm³/mol. The summed E-state index contributed by atoms with van der Waals surface area (Å²) >= 11 is 1.69. The first-order valence-electron chi connectivity index (χ1n) is 6.48. The fourth-order valence-electron chi connectivity index (χ4n) is 2.02. The second kappa shape index (κ2) is 6.01. The van der Waals surface area contributed by atoms with Crippen molar-refractivity contribution in [3.8, 4) is 11.3 Å². The van der Waals surface area contributed by atoms with Gasteiger partial charge in [0.15, 0.2) is 0 Å². The monoisotopic (exact) mass is 260 g/mol. The van der Waals surface area contributed by atoms with Gasteiger partial charge in [-0.25, -0.2) is 4.98 Å². The zero-order chi connectivity index (χ0) is 13.0. The molecule has 1 unspecified atom stereocenters. The van der Waals surface area contributed by atoms with Crippen LogP contribution in [0, 0.1) is 6.92 Å². The second-order valence-corrected chi connectivity index (χ2v) is 5.73. The first kappa shape index (κ1) is 13.1. The van der Waals surface area contributed by atoms with Crippen LogP contribution in [-0.2, 0) is 0 Å². The summed E-state index contributed by atoms with van der Waals surface area (Å²) in [6.45, 7) is 6.48. The van der Waals surface area contributed by atoms with Crippen LogP contribution in [0.15, 0.2) is 29.6 Å². The third-order valence-corrected chi connectivity index (χ3v) is 3.71. The van der Waals surface area contributed by atoms with Gasteiger partial charge in [-0.3, -0.25) is 0 Å². The highest BCUT2D eigenvalue weighted by Crippen LogP contribution is 2.23. The van der Waals surface area contributed by atoms with Crippen molar-refractivity contribution in [2.24, 2.45) is 0 Å². The van der Waals surface area contributed by atoms with Crippen LogP contribution in [0.5, 0.6) is 0 Å². The SMILES string of the molecule is CCCC(C)Nc1ccc(-c2csc(C)n2)cc1. The third-order valence-electron chi connectivity index (χ3n) is 2.93. The van der Waals surface area contributed by atoms with Gasteiger partial charge in [0.05, 0.1) is 10.7 Å². The van der Waals surface area contributed by atoms with E-state index in [-0.39, 0.29) is 0 Å². The molecular weight excluding hydrogens is 240 g/mol. The Bertz CT molecular complexity index is 487. The first-order chi connectivity index (χ1) is 8.69. The lowest BCUT2D eigenvalue weighted by molar-refractivity contribution is 0.690. The molecule has 1 N–H and O–H groups in total. The average Bonchev–Trinajstić information content (AvgIpc) is 2.77. The topological polar surface area (TPSA) is 24.9 Å². The van der Waals surface area contributed by atoms with E-state index in [2.05, 4.69) is 53.8 Å². The number of thiazole rings is 1. The highest BCUT2D eigenvalue weighted by atomic mass is 32.1. The Balaban J connectivity index is 2.06. The van der Waals surface area contributed by atoms with Gasteiger partial charge in [0.2, 0.25) is 0 Å². The Morgan fingerprint density at radius 2 is 2.00 bits per heavy atom. The number of benzene rings is 1. The number of rotatable bonds is 5. The maximum atomic E-state index is 4.50. The molecule has 0 aliphatic carbocycles. The largest absolute Gasteiger partial charge is 0.383 e. The van der Waals surface area contributed by atoms with Gasteiger partial charge in [0.25, 0.3) is 0 Å². The van der Waals surface area contributed by atoms with E-state index in [1.165, 1.54) is 24.1 Å². The standard InChI is InChI=1S/C15H20N2S/c1-4-5-11(2)16-14-8-6-13(7-9-14)15-10-18-12(3)17-15/h6-11,16H,4-5H2,1-3H3. The van der Waals surface area contributed by atoms with Crippen molar-refractivity contribution in [1.29, 1.82) is 0 Å². The fourth-order valence-corrected chi connectivity index (χ4v) is 2.64. The average molecular weight is 260 g/mol. The number of hydrogen-bond donors (Lipinski definition) is 1. The lowest BCUT2D eigenvalue weighted by atomic mass is 10.1. The van der Waals surface area contributed by atoms with E-state index in [1.807, 2.05) is 6.92 Å². The molecule has 0 fully saturated rings. The Hall–Kier alpha value is -1.35. The minimum absolute atomic E-state index is 0.530. The molecule has 0 saturated heterocycles. The lowest BCUT2D eigenvalue weighted by Crippen LogP contribution is -2.14. The summed E-state index contributed by atoms with van der Waals surface area (Å²) in [6, 6.07) is 9.07. The summed E-state index contributed by atoms with van der Waals surface area (Å²) < 4.78 is 0. The van der Waals surface area contributed by atoms with E-state index in [0.717, 1.165) is 10.7 Å². The smallest absolute Gasteiger partial charge is 0.0901 e. The van der Waals surface area contributed by atoms with Gasteiger partial charge in [-0.15, -0.1) is 11.3 Å². The van der Waals surface area contributed by atoms with Crippen LogP contribution in [0.2, 0.25) is 0 Å². The van der Waals surface area contributed by atoms with Gasteiger partial charge in [-0.05, 0) is 32.4 Å². The van der Waals surface area contributed by atoms with Gasteiger partial charge in [-0.2, -0.15) is 0 Å². The maximum absolute atomic E-state index is 4.50. The van der Waals surface area contributed by atoms with Crippen LogP contribution in [-0.4, -0.2) is 11.0 Å². The van der Waals surface area contributed by atoms with Crippen molar-refractivity contribution in [2.75, 3.05) is 5.32 Å². The molecule has 1 atom stereocenters. The Morgan fingerprint density at radius 1 is 1.28 bits per heavy atom. The van der Waals surface area contributed by atoms with Crippen LogP contribution in [0.1, 0.15) is 31.7 Å². The molecule has 0 aliphatic rings. The van der Waals surface area contributed by atoms with Crippen molar-refractivity contribution in [1.82, 2.24) is 4.98 Å². The zero-order valence-electron chi connectivity index (χ0n) is 11.2. The molecule has 1 heterocycles. The van der Waals surface area contributed by atoms with Crippen molar-refractivity contribution < 1.29 is 0 Å². The molecule has 0 spiro atoms. The summed E-state index contributed by atoms with van der Waals surface area (Å²) in [5, 5.41) is 6.73. The van der Waals surface area contributed by atoms with Crippen LogP contribution in [0.25, 0.3) is 11.3 Å². The molecule has 0 radical (unpaired) electrons. The van der Waals surface area contributed by atoms with E-state index in [9.17, 15) is 0 Å². The van der Waals surface area contributed by atoms with Crippen LogP contribution in [0.3, 0.4) is 0 Å². The summed E-state index contributed by atoms with van der Waals surface area (Å²) in [4.78, 5) is 4.50. The normalized spacial score (nSPS) is 12.4. The number of anilines is 1. The van der Waals surface area contributed by atoms with E-state index in [1.54, 1.807) is 11.3 Å². The van der Waals surface area contributed by atoms with Crippen molar-refractivity contribution in [2.45, 2.75) is 39.7 Å². The number of aromatic nitrogens is 1. The van der Waals surface area contributed by atoms with Gasteiger partial charge in [0, 0.05) is 22.7 Å². The minimum atomic E-state index is 0.530. The Morgan fingerprint density at radius 3 is 2.56 bits per heavy atom. The molecular formula is C15H20N2S. The fraction of sp³-hybridized carbons (Fsp3) is 0.400. The molecule has 0 aliphatic heterocycles. The predicted octanol–water partition coefficient (Wildman–Crippen LogP) is 4.72. The van der Waals surface area contributed by atoms with Gasteiger partial charge >= 0.3 is 0 Å². The number of aryl methyl sites for hydroxylation is 1. The molecule has 0 bridgehead atoms. The molecule has 96 valence electrons. The highest BCUT2D eigenvalue weighted by Gasteiger charge is 2.03. The summed E-state index contributed by atoms with van der Waals surface area (Å²) in [6.07, 6.45) is 2.41. The molecule has 18 heavy (non-hydrogen) atoms. The van der Waals surface area contributed by atoms with E-state index < -0.39 is 0 Å². The second-order valence-electron chi connectivity index (χ2n) is 4.66. The minimum Gasteiger partial charge on any atom is -0.383 e. The molecule has 2 aromatic rings. The molecule has 2 nitrogen and oxygen atoms in total. The Kier molecular flexibility index (Phi) is 4.37. The van der Waals surface area contributed by atoms with Crippen LogP contribution >= 0.6 is 11.3 Å². The van der Waals surface area contributed by atoms with Crippen molar-refractivity contribution in [3.63, 3.8) is 0 Å². The first-order valence-corrected chi connectivity index (χ1v) is 7.36. The molecule has 1 aromatic carbocycles. The number of hydrogen-bond acceptors (Lipinski definition) is 3. The van der Waals surface area contributed by atoms with E-state index >= 15 is 0 Å². The molecule has 1 aromatic heterocycles. The van der Waals surface area contributed by atoms with Gasteiger partial charge < -0.3 is 5.32 Å². The third kappa shape index (κ3) is 3.33. The van der Waals surface area contributed by atoms with Gasteiger partial charge in [0.1, 0.15) is 0 Å². The summed E-state index contributed by atoms with van der Waals surface area (Å²) in [5.74, 6) is 0. The molecule has 0 saturated carbocycles. The van der Waals surface area contributed by atoms with Crippen LogP contribution in [0.4, 0.5) is 5.69 Å². The molecule has 2 rings (SSSR count). The molecule has 0 amide bonds. The van der Waals surface area contributed by atoms with E-state index in [4.69, 9.17) is 0 Å². The summed E-state index contributed by atoms with van der Waals surface area (Å²) in [5.41, 5.74) is 3.45. The van der Waals surface area contributed by atoms with Crippen LogP contribution < -0.4 is 5.32 Å². The Labute approximate surface area is 113 Å². The zero-order valence-corrected chi connectivity index (χ0v) is 12.1. The lowest BCUT2D eigenvalue weighted by Gasteiger charge is -2.14. The van der Waals surface area contributed by atoms with Crippen molar-refractivity contribution >= 4 is 17.0 Å². The van der Waals surface area contributed by atoms with Gasteiger partial charge in [-0.1, -0.05) is 25.5 Å². The van der Waals surface area contributed by atoms with Crippen molar-refractivity contribution in [3.05, 3.63) is 34.7 Å². The number of nitrogens with one attached hydrogen (secondary N) is 1. The quantitative estimate of drug-likeness (QED) is 0.841. The maximum Gasteiger partial charge on any atom is 0.0901 e. The van der Waals surface area contributed by atoms with E-state index in [0.29, 0.717) is 6.04 Å². The summed E-state index contributed by atoms with van der Waals surface area (Å²) in [7, 11) is 0. The number of nitrogens with zero attached hydrogens (tertiary/aromatic N) is 1. The highest BCUT2D eigenvalue weighted by molar-refractivity contribution is 7.09.